The van der Waals surface area contributed by atoms with Gasteiger partial charge >= 0.3 is 0 Å². The highest BCUT2D eigenvalue weighted by Gasteiger charge is 2.04. The smallest absolute Gasteiger partial charge is 0.165 e. The molecule has 0 aliphatic carbocycles. The summed E-state index contributed by atoms with van der Waals surface area (Å²) >= 11 is 3.28. The van der Waals surface area contributed by atoms with Crippen LogP contribution in [0.3, 0.4) is 0 Å². The van der Waals surface area contributed by atoms with Crippen LogP contribution in [0.4, 0.5) is 4.39 Å². The van der Waals surface area contributed by atoms with Gasteiger partial charge in [-0.3, -0.25) is 0 Å². The SMILES string of the molecule is NCc1ccc(COc2cc(Br)ccc2F)cc1. The third kappa shape index (κ3) is 3.31. The number of nitrogens with two attached hydrogens (primary N) is 1. The molecule has 0 bridgehead atoms. The van der Waals surface area contributed by atoms with E-state index in [1.54, 1.807) is 12.1 Å². The van der Waals surface area contributed by atoms with Crippen LogP contribution in [0.1, 0.15) is 11.1 Å². The summed E-state index contributed by atoms with van der Waals surface area (Å²) in [5, 5.41) is 0. The van der Waals surface area contributed by atoms with Gasteiger partial charge in [-0.15, -0.1) is 0 Å². The number of hydrogen-bond acceptors (Lipinski definition) is 2. The summed E-state index contributed by atoms with van der Waals surface area (Å²) in [7, 11) is 0. The highest BCUT2D eigenvalue weighted by molar-refractivity contribution is 9.10. The van der Waals surface area contributed by atoms with Crippen LogP contribution in [-0.2, 0) is 13.2 Å². The molecule has 0 aliphatic rings. The number of hydrogen-bond donors (Lipinski definition) is 1. The molecular formula is C14H13BrFNO. The van der Waals surface area contributed by atoms with Crippen molar-refractivity contribution in [1.82, 2.24) is 0 Å². The van der Waals surface area contributed by atoms with Crippen LogP contribution in [0.25, 0.3) is 0 Å². The second kappa shape index (κ2) is 5.98. The van der Waals surface area contributed by atoms with Crippen molar-refractivity contribution in [1.29, 1.82) is 0 Å². The van der Waals surface area contributed by atoms with Gasteiger partial charge in [0.25, 0.3) is 0 Å². The van der Waals surface area contributed by atoms with Gasteiger partial charge < -0.3 is 10.5 Å². The van der Waals surface area contributed by atoms with Gasteiger partial charge in [-0.1, -0.05) is 40.2 Å². The molecule has 0 radical (unpaired) electrons. The van der Waals surface area contributed by atoms with Crippen LogP contribution in [0.5, 0.6) is 5.75 Å². The summed E-state index contributed by atoms with van der Waals surface area (Å²) in [6, 6.07) is 12.4. The summed E-state index contributed by atoms with van der Waals surface area (Å²) in [6.07, 6.45) is 0. The molecule has 2 aromatic carbocycles. The molecule has 2 aromatic rings. The second-order valence-corrected chi connectivity index (χ2v) is 4.80. The molecule has 18 heavy (non-hydrogen) atoms. The first kappa shape index (κ1) is 13.1. The lowest BCUT2D eigenvalue weighted by Gasteiger charge is -2.08. The van der Waals surface area contributed by atoms with Crippen molar-refractivity contribution in [2.24, 2.45) is 5.73 Å². The predicted molar refractivity (Wildman–Crippen MR) is 72.8 cm³/mol. The molecule has 0 aromatic heterocycles. The van der Waals surface area contributed by atoms with Crippen LogP contribution in [0, 0.1) is 5.82 Å². The molecule has 2 rings (SSSR count). The van der Waals surface area contributed by atoms with E-state index in [9.17, 15) is 4.39 Å². The largest absolute Gasteiger partial charge is 0.486 e. The van der Waals surface area contributed by atoms with E-state index in [4.69, 9.17) is 10.5 Å². The first-order chi connectivity index (χ1) is 8.69. The molecule has 0 saturated heterocycles. The van der Waals surface area contributed by atoms with E-state index >= 15 is 0 Å². The molecule has 2 nitrogen and oxygen atoms in total. The molecule has 4 heteroatoms. The lowest BCUT2D eigenvalue weighted by molar-refractivity contribution is 0.290. The maximum absolute atomic E-state index is 13.4. The normalized spacial score (nSPS) is 10.4. The van der Waals surface area contributed by atoms with Gasteiger partial charge in [-0.25, -0.2) is 4.39 Å². The van der Waals surface area contributed by atoms with E-state index in [1.165, 1.54) is 6.07 Å². The number of halogens is 2. The van der Waals surface area contributed by atoms with Crippen molar-refractivity contribution >= 4 is 15.9 Å². The fraction of sp³-hybridized carbons (Fsp3) is 0.143. The first-order valence-corrected chi connectivity index (χ1v) is 6.34. The molecule has 0 amide bonds. The molecule has 0 fully saturated rings. The van der Waals surface area contributed by atoms with Crippen LogP contribution < -0.4 is 10.5 Å². The Kier molecular flexibility index (Phi) is 4.33. The Bertz CT molecular complexity index is 528. The summed E-state index contributed by atoms with van der Waals surface area (Å²) in [4.78, 5) is 0. The van der Waals surface area contributed by atoms with E-state index < -0.39 is 0 Å². The topological polar surface area (TPSA) is 35.2 Å². The van der Waals surface area contributed by atoms with Crippen LogP contribution in [0.15, 0.2) is 46.9 Å². The molecule has 0 unspecified atom stereocenters. The molecule has 2 N–H and O–H groups in total. The summed E-state index contributed by atoms with van der Waals surface area (Å²) in [5.41, 5.74) is 7.56. The van der Waals surface area contributed by atoms with Crippen molar-refractivity contribution in [3.05, 3.63) is 63.9 Å². The first-order valence-electron chi connectivity index (χ1n) is 5.55. The summed E-state index contributed by atoms with van der Waals surface area (Å²) in [5.74, 6) is -0.121. The third-order valence-electron chi connectivity index (χ3n) is 2.55. The number of benzene rings is 2. The zero-order valence-electron chi connectivity index (χ0n) is 9.70. The molecule has 0 heterocycles. The minimum Gasteiger partial charge on any atom is -0.486 e. The Morgan fingerprint density at radius 2 is 1.72 bits per heavy atom. The van der Waals surface area contributed by atoms with Crippen molar-refractivity contribution < 1.29 is 9.13 Å². The van der Waals surface area contributed by atoms with Gasteiger partial charge in [-0.2, -0.15) is 0 Å². The minimum atomic E-state index is -0.364. The molecule has 0 aliphatic heterocycles. The van der Waals surface area contributed by atoms with Crippen molar-refractivity contribution in [2.45, 2.75) is 13.2 Å². The number of ether oxygens (including phenoxy) is 1. The fourth-order valence-electron chi connectivity index (χ4n) is 1.52. The highest BCUT2D eigenvalue weighted by Crippen LogP contribution is 2.23. The van der Waals surface area contributed by atoms with Crippen molar-refractivity contribution in [2.75, 3.05) is 0 Å². The predicted octanol–water partition coefficient (Wildman–Crippen LogP) is 3.63. The zero-order chi connectivity index (χ0) is 13.0. The molecule has 0 saturated carbocycles. The van der Waals surface area contributed by atoms with Gasteiger partial charge in [0, 0.05) is 11.0 Å². The third-order valence-corrected chi connectivity index (χ3v) is 3.04. The van der Waals surface area contributed by atoms with Crippen LogP contribution >= 0.6 is 15.9 Å². The Hall–Kier alpha value is -1.39. The van der Waals surface area contributed by atoms with E-state index in [1.807, 2.05) is 24.3 Å². The highest BCUT2D eigenvalue weighted by atomic mass is 79.9. The van der Waals surface area contributed by atoms with Gasteiger partial charge in [0.2, 0.25) is 0 Å². The van der Waals surface area contributed by atoms with E-state index in [-0.39, 0.29) is 11.6 Å². The quantitative estimate of drug-likeness (QED) is 0.936. The fourth-order valence-corrected chi connectivity index (χ4v) is 1.86. The summed E-state index contributed by atoms with van der Waals surface area (Å²) < 4.78 is 19.7. The van der Waals surface area contributed by atoms with Gasteiger partial charge in [-0.05, 0) is 29.3 Å². The Balaban J connectivity index is 2.04. The van der Waals surface area contributed by atoms with Crippen molar-refractivity contribution in [3.8, 4) is 5.75 Å². The van der Waals surface area contributed by atoms with E-state index in [0.29, 0.717) is 13.2 Å². The Labute approximate surface area is 114 Å². The molecule has 94 valence electrons. The van der Waals surface area contributed by atoms with Gasteiger partial charge in [0.15, 0.2) is 11.6 Å². The molecule has 0 atom stereocenters. The van der Waals surface area contributed by atoms with E-state index in [2.05, 4.69) is 15.9 Å². The van der Waals surface area contributed by atoms with Gasteiger partial charge in [0.1, 0.15) is 6.61 Å². The maximum atomic E-state index is 13.4. The second-order valence-electron chi connectivity index (χ2n) is 3.88. The Morgan fingerprint density at radius 1 is 1.06 bits per heavy atom. The monoisotopic (exact) mass is 309 g/mol. The van der Waals surface area contributed by atoms with E-state index in [0.717, 1.165) is 15.6 Å². The average Bonchev–Trinajstić information content (AvgIpc) is 2.40. The molecule has 0 spiro atoms. The average molecular weight is 310 g/mol. The molecular weight excluding hydrogens is 297 g/mol. The standard InChI is InChI=1S/C14H13BrFNO/c15-12-5-6-13(16)14(7-12)18-9-11-3-1-10(8-17)2-4-11/h1-7H,8-9,17H2. The zero-order valence-corrected chi connectivity index (χ0v) is 11.3. The van der Waals surface area contributed by atoms with Crippen molar-refractivity contribution in [3.63, 3.8) is 0 Å². The van der Waals surface area contributed by atoms with Gasteiger partial charge in [0.05, 0.1) is 0 Å². The minimum absolute atomic E-state index is 0.243. The van der Waals surface area contributed by atoms with Crippen LogP contribution in [-0.4, -0.2) is 0 Å². The Morgan fingerprint density at radius 3 is 2.39 bits per heavy atom. The van der Waals surface area contributed by atoms with Crippen LogP contribution in [0.2, 0.25) is 0 Å². The summed E-state index contributed by atoms with van der Waals surface area (Å²) in [6.45, 7) is 0.847. The maximum Gasteiger partial charge on any atom is 0.165 e. The lowest BCUT2D eigenvalue weighted by Crippen LogP contribution is -1.99. The lowest BCUT2D eigenvalue weighted by atomic mass is 10.1. The number of rotatable bonds is 4.